The van der Waals surface area contributed by atoms with Crippen molar-refractivity contribution >= 4 is 63.1 Å². The van der Waals surface area contributed by atoms with Gasteiger partial charge in [0.05, 0.1) is 24.1 Å². The molecule has 0 atom stereocenters. The Labute approximate surface area is 355 Å². The summed E-state index contributed by atoms with van der Waals surface area (Å²) in [6.07, 6.45) is 21.4. The zero-order valence-electron chi connectivity index (χ0n) is 33.7. The number of rotatable bonds is 13. The minimum atomic E-state index is -0.238. The number of nitrogens with one attached hydrogen (secondary N) is 3. The standard InChI is InChI=1S/C46H40N14O2/c1-30-22-32(6-13-49-30)35-7-14-51-45-36(35)11-20-59(45)28-43(61)56-41-4-2-33(25-54-41)38(23-47)53-24-31-9-18-58(19-10-31)40-8-15-52-46-37(40)12-21-60(46)29-44(62)57-42-5-3-34(26-55-42)39-27-48-16-17-50-39/h2-9,11-17,20-23,25-27,47H,10,18-19,24,28-29H2,1H3,(H,54,56,61)(H,55,57,62)/b47-23?,53-38+. The zero-order chi connectivity index (χ0) is 42.4. The van der Waals surface area contributed by atoms with Gasteiger partial charge in [0.25, 0.3) is 0 Å². The first-order chi connectivity index (χ1) is 30.4. The van der Waals surface area contributed by atoms with E-state index in [0.29, 0.717) is 47.3 Å². The maximum atomic E-state index is 13.1. The van der Waals surface area contributed by atoms with Crippen molar-refractivity contribution in [3.05, 3.63) is 146 Å². The van der Waals surface area contributed by atoms with Gasteiger partial charge in [0.1, 0.15) is 36.0 Å². The third-order valence-electron chi connectivity index (χ3n) is 10.6. The second-order valence-electron chi connectivity index (χ2n) is 14.7. The van der Waals surface area contributed by atoms with E-state index < -0.39 is 0 Å². The van der Waals surface area contributed by atoms with Crippen LogP contribution in [0.25, 0.3) is 44.5 Å². The average Bonchev–Trinajstić information content (AvgIpc) is 3.91. The van der Waals surface area contributed by atoms with E-state index in [9.17, 15) is 9.59 Å². The summed E-state index contributed by atoms with van der Waals surface area (Å²) in [7, 11) is 0. The zero-order valence-corrected chi connectivity index (χ0v) is 33.7. The largest absolute Gasteiger partial charge is 0.367 e. The van der Waals surface area contributed by atoms with E-state index in [1.807, 2.05) is 70.9 Å². The molecular weight excluding hydrogens is 781 g/mol. The predicted molar refractivity (Wildman–Crippen MR) is 239 cm³/mol. The Hall–Kier alpha value is -8.27. The van der Waals surface area contributed by atoms with Gasteiger partial charge in [-0.2, -0.15) is 0 Å². The lowest BCUT2D eigenvalue weighted by Gasteiger charge is -2.28. The van der Waals surface area contributed by atoms with Crippen LogP contribution in [0, 0.1) is 12.3 Å². The normalized spacial score (nSPS) is 13.0. The number of aliphatic imine (C=N–C) groups is 1. The molecule has 0 unspecified atom stereocenters. The van der Waals surface area contributed by atoms with E-state index in [0.717, 1.165) is 57.5 Å². The van der Waals surface area contributed by atoms with Gasteiger partial charge >= 0.3 is 0 Å². The van der Waals surface area contributed by atoms with E-state index in [1.54, 1.807) is 67.8 Å². The summed E-state index contributed by atoms with van der Waals surface area (Å²) in [4.78, 5) is 63.8. The summed E-state index contributed by atoms with van der Waals surface area (Å²) in [6, 6.07) is 19.0. The Morgan fingerprint density at radius 2 is 1.47 bits per heavy atom. The monoisotopic (exact) mass is 820 g/mol. The van der Waals surface area contributed by atoms with Crippen molar-refractivity contribution in [2.24, 2.45) is 4.99 Å². The quantitative estimate of drug-likeness (QED) is 0.0847. The van der Waals surface area contributed by atoms with Crippen molar-refractivity contribution in [2.45, 2.75) is 26.4 Å². The first-order valence-electron chi connectivity index (χ1n) is 20.0. The van der Waals surface area contributed by atoms with Crippen LogP contribution in [0.1, 0.15) is 17.7 Å². The van der Waals surface area contributed by atoms with Gasteiger partial charge in [-0.1, -0.05) is 6.08 Å². The molecule has 0 saturated heterocycles. The van der Waals surface area contributed by atoms with Crippen LogP contribution in [0.2, 0.25) is 0 Å². The van der Waals surface area contributed by atoms with E-state index in [-0.39, 0.29) is 24.9 Å². The Bertz CT molecular complexity index is 2990. The summed E-state index contributed by atoms with van der Waals surface area (Å²) in [5.74, 6) is 0.390. The summed E-state index contributed by atoms with van der Waals surface area (Å²) < 4.78 is 3.65. The minimum absolute atomic E-state index is 0.0671. The number of amides is 2. The number of carbonyl (C=O) groups is 2. The van der Waals surface area contributed by atoms with Crippen LogP contribution in [0.3, 0.4) is 0 Å². The van der Waals surface area contributed by atoms with E-state index >= 15 is 0 Å². The Morgan fingerprint density at radius 1 is 0.742 bits per heavy atom. The molecule has 0 aliphatic carbocycles. The molecule has 2 amide bonds. The summed E-state index contributed by atoms with van der Waals surface area (Å²) >= 11 is 0. The van der Waals surface area contributed by atoms with Gasteiger partial charge < -0.3 is 30.1 Å². The third kappa shape index (κ3) is 8.56. The number of aryl methyl sites for hydroxylation is 1. The number of nitrogens with zero attached hydrogens (tertiary/aromatic N) is 11. The van der Waals surface area contributed by atoms with Crippen LogP contribution < -0.4 is 15.5 Å². The number of aromatic nitrogens is 9. The van der Waals surface area contributed by atoms with Gasteiger partial charge in [-0.15, -0.1) is 0 Å². The number of carbonyl (C=O) groups excluding carboxylic acids is 2. The van der Waals surface area contributed by atoms with E-state index in [2.05, 4.69) is 56.5 Å². The van der Waals surface area contributed by atoms with Crippen molar-refractivity contribution in [1.29, 1.82) is 5.41 Å². The van der Waals surface area contributed by atoms with E-state index in [1.165, 1.54) is 11.8 Å². The van der Waals surface area contributed by atoms with Crippen LogP contribution in [-0.4, -0.2) is 87.4 Å². The Morgan fingerprint density at radius 3 is 2.13 bits per heavy atom. The lowest BCUT2D eigenvalue weighted by atomic mass is 10.0. The molecule has 0 aromatic carbocycles. The molecule has 9 rings (SSSR count). The maximum Gasteiger partial charge on any atom is 0.245 e. The molecule has 3 N–H and O–H groups in total. The highest BCUT2D eigenvalue weighted by Gasteiger charge is 2.18. The van der Waals surface area contributed by atoms with Gasteiger partial charge in [-0.3, -0.25) is 29.5 Å². The second kappa shape index (κ2) is 17.5. The molecule has 8 aromatic heterocycles. The molecule has 16 nitrogen and oxygen atoms in total. The highest BCUT2D eigenvalue weighted by molar-refractivity contribution is 6.37. The second-order valence-corrected chi connectivity index (χ2v) is 14.7. The van der Waals surface area contributed by atoms with Crippen LogP contribution >= 0.6 is 0 Å². The van der Waals surface area contributed by atoms with Gasteiger partial charge in [0.2, 0.25) is 11.8 Å². The first kappa shape index (κ1) is 39.2. The lowest BCUT2D eigenvalue weighted by Crippen LogP contribution is -2.29. The fourth-order valence-corrected chi connectivity index (χ4v) is 7.50. The van der Waals surface area contributed by atoms with Crippen molar-refractivity contribution in [1.82, 2.24) is 44.0 Å². The summed E-state index contributed by atoms with van der Waals surface area (Å²) in [5.41, 5.74) is 9.32. The maximum absolute atomic E-state index is 13.1. The molecule has 0 radical (unpaired) electrons. The molecule has 0 saturated carbocycles. The van der Waals surface area contributed by atoms with Crippen LogP contribution in [0.5, 0.6) is 0 Å². The topological polar surface area (TPSA) is 198 Å². The molecule has 0 spiro atoms. The van der Waals surface area contributed by atoms with Crippen molar-refractivity contribution in [2.75, 3.05) is 35.2 Å². The molecule has 16 heteroatoms. The van der Waals surface area contributed by atoms with Crippen LogP contribution in [-0.2, 0) is 22.7 Å². The molecule has 306 valence electrons. The average molecular weight is 821 g/mol. The highest BCUT2D eigenvalue weighted by Crippen LogP contribution is 2.30. The molecule has 1 aliphatic rings. The van der Waals surface area contributed by atoms with Gasteiger partial charge in [-0.25, -0.2) is 19.9 Å². The van der Waals surface area contributed by atoms with Crippen LogP contribution in [0.15, 0.2) is 139 Å². The van der Waals surface area contributed by atoms with Gasteiger partial charge in [0, 0.05) is 108 Å². The number of hydrogen-bond donors (Lipinski definition) is 3. The predicted octanol–water partition coefficient (Wildman–Crippen LogP) is 6.56. The fraction of sp³-hybridized carbons (Fsp3) is 0.152. The molecule has 1 aliphatic heterocycles. The SMILES string of the molecule is Cc1cc(-c2ccnc3c2ccn3CC(=O)Nc2ccc(/C(C=N)=N/CC3=CCN(c4ccnc5c4ccn5CC(=O)Nc4ccc(-c5cnccn5)cn4)CC3)cn2)ccn1. The summed E-state index contributed by atoms with van der Waals surface area (Å²) in [6.45, 7) is 4.01. The van der Waals surface area contributed by atoms with Crippen molar-refractivity contribution in [3.8, 4) is 22.4 Å². The minimum Gasteiger partial charge on any atom is -0.367 e. The highest BCUT2D eigenvalue weighted by atomic mass is 16.2. The molecule has 0 bridgehead atoms. The smallest absolute Gasteiger partial charge is 0.245 e. The number of hydrogen-bond acceptors (Lipinski definition) is 12. The molecule has 62 heavy (non-hydrogen) atoms. The molecule has 8 aromatic rings. The molecule has 9 heterocycles. The van der Waals surface area contributed by atoms with Gasteiger partial charge in [0.15, 0.2) is 0 Å². The first-order valence-corrected chi connectivity index (χ1v) is 20.0. The summed E-state index contributed by atoms with van der Waals surface area (Å²) in [5, 5.41) is 15.7. The Balaban J connectivity index is 0.787. The van der Waals surface area contributed by atoms with Gasteiger partial charge in [-0.05, 0) is 90.7 Å². The number of pyridine rings is 5. The van der Waals surface area contributed by atoms with E-state index in [4.69, 9.17) is 10.4 Å². The van der Waals surface area contributed by atoms with Crippen molar-refractivity contribution < 1.29 is 9.59 Å². The fourth-order valence-electron chi connectivity index (χ4n) is 7.50. The van der Waals surface area contributed by atoms with Crippen LogP contribution in [0.4, 0.5) is 17.3 Å². The Kier molecular flexibility index (Phi) is 11.1. The molecular formula is C46H40N14O2. The number of anilines is 3. The lowest BCUT2D eigenvalue weighted by molar-refractivity contribution is -0.117. The van der Waals surface area contributed by atoms with Crippen molar-refractivity contribution in [3.63, 3.8) is 0 Å². The molecule has 0 fully saturated rings. The third-order valence-corrected chi connectivity index (χ3v) is 10.6. The number of fused-ring (bicyclic) bond motifs is 2.